The summed E-state index contributed by atoms with van der Waals surface area (Å²) in [5, 5.41) is 3.32. The Kier molecular flexibility index (Phi) is 3.67. The maximum absolute atomic E-state index is 5.82. The summed E-state index contributed by atoms with van der Waals surface area (Å²) in [6.45, 7) is 4.90. The average molecular weight is 249 g/mol. The van der Waals surface area contributed by atoms with E-state index in [1.165, 1.54) is 5.56 Å². The van der Waals surface area contributed by atoms with Crippen LogP contribution in [-0.2, 0) is 11.3 Å². The van der Waals surface area contributed by atoms with E-state index in [2.05, 4.69) is 11.4 Å². The fraction of sp³-hybridized carbons (Fsp3) is 0.571. The Bertz CT molecular complexity index is 402. The van der Waals surface area contributed by atoms with Crippen molar-refractivity contribution in [1.82, 2.24) is 5.32 Å². The molecule has 0 radical (unpaired) electrons. The van der Waals surface area contributed by atoms with Gasteiger partial charge >= 0.3 is 0 Å². The van der Waals surface area contributed by atoms with E-state index >= 15 is 0 Å². The summed E-state index contributed by atoms with van der Waals surface area (Å²) in [6.07, 6.45) is 1.10. The fourth-order valence-electron chi connectivity index (χ4n) is 2.29. The number of hydrogen-bond acceptors (Lipinski definition) is 4. The summed E-state index contributed by atoms with van der Waals surface area (Å²) in [5.41, 5.74) is 1.20. The molecule has 0 aliphatic carbocycles. The van der Waals surface area contributed by atoms with Crippen LogP contribution in [0, 0.1) is 5.92 Å². The molecule has 1 fully saturated rings. The lowest BCUT2D eigenvalue weighted by molar-refractivity contribution is 0.167. The van der Waals surface area contributed by atoms with E-state index in [0.29, 0.717) is 12.5 Å². The first-order valence-corrected chi connectivity index (χ1v) is 6.59. The van der Waals surface area contributed by atoms with Crippen LogP contribution in [0.5, 0.6) is 11.5 Å². The van der Waals surface area contributed by atoms with E-state index in [4.69, 9.17) is 14.2 Å². The van der Waals surface area contributed by atoms with E-state index in [9.17, 15) is 0 Å². The molecule has 0 bridgehead atoms. The maximum atomic E-state index is 5.82. The van der Waals surface area contributed by atoms with Gasteiger partial charge in [0.15, 0.2) is 0 Å². The highest BCUT2D eigenvalue weighted by atomic mass is 16.5. The Morgan fingerprint density at radius 3 is 3.22 bits per heavy atom. The zero-order valence-corrected chi connectivity index (χ0v) is 10.5. The lowest BCUT2D eigenvalue weighted by Crippen LogP contribution is -2.16. The average Bonchev–Trinajstić information content (AvgIpc) is 2.80. The van der Waals surface area contributed by atoms with Crippen LogP contribution in [0.3, 0.4) is 0 Å². The van der Waals surface area contributed by atoms with Crippen LogP contribution in [0.4, 0.5) is 0 Å². The lowest BCUT2D eigenvalue weighted by atomic mass is 10.1. The SMILES string of the molecule is c1cc2c(cc1OCC1CCOC1)OCCNC2. The molecular weight excluding hydrogens is 230 g/mol. The number of hydrogen-bond donors (Lipinski definition) is 1. The molecule has 0 saturated carbocycles. The molecule has 1 aromatic carbocycles. The molecule has 4 nitrogen and oxygen atoms in total. The van der Waals surface area contributed by atoms with Crippen molar-refractivity contribution in [3.05, 3.63) is 23.8 Å². The van der Waals surface area contributed by atoms with Gasteiger partial charge in [0.25, 0.3) is 0 Å². The van der Waals surface area contributed by atoms with Crippen LogP contribution in [0.1, 0.15) is 12.0 Å². The number of rotatable bonds is 3. The molecule has 1 N–H and O–H groups in total. The zero-order valence-electron chi connectivity index (χ0n) is 10.5. The van der Waals surface area contributed by atoms with Crippen molar-refractivity contribution in [1.29, 1.82) is 0 Å². The van der Waals surface area contributed by atoms with E-state index in [-0.39, 0.29) is 0 Å². The molecule has 0 spiro atoms. The quantitative estimate of drug-likeness (QED) is 0.883. The molecule has 2 aliphatic heterocycles. The largest absolute Gasteiger partial charge is 0.493 e. The smallest absolute Gasteiger partial charge is 0.127 e. The summed E-state index contributed by atoms with van der Waals surface area (Å²) in [5.74, 6) is 2.37. The summed E-state index contributed by atoms with van der Waals surface area (Å²) < 4.78 is 16.8. The molecule has 4 heteroatoms. The second kappa shape index (κ2) is 5.59. The Balaban J connectivity index is 1.63. The van der Waals surface area contributed by atoms with Gasteiger partial charge in [-0.1, -0.05) is 6.07 Å². The standard InChI is InChI=1S/C14H19NO3/c1-2-13(18-10-11-3-5-16-9-11)7-14-12(1)8-15-4-6-17-14/h1-2,7,11,15H,3-6,8-10H2. The lowest BCUT2D eigenvalue weighted by Gasteiger charge is -2.12. The van der Waals surface area contributed by atoms with Crippen LogP contribution in [0.25, 0.3) is 0 Å². The van der Waals surface area contributed by atoms with Gasteiger partial charge in [0.1, 0.15) is 18.1 Å². The van der Waals surface area contributed by atoms with Crippen LogP contribution >= 0.6 is 0 Å². The molecule has 1 atom stereocenters. The molecule has 0 aromatic heterocycles. The van der Waals surface area contributed by atoms with Crippen molar-refractivity contribution in [3.63, 3.8) is 0 Å². The van der Waals surface area contributed by atoms with Crippen molar-refractivity contribution < 1.29 is 14.2 Å². The van der Waals surface area contributed by atoms with Crippen molar-refractivity contribution in [2.75, 3.05) is 33.0 Å². The maximum Gasteiger partial charge on any atom is 0.127 e. The first-order chi connectivity index (χ1) is 8.92. The molecule has 0 amide bonds. The highest BCUT2D eigenvalue weighted by molar-refractivity contribution is 5.41. The van der Waals surface area contributed by atoms with Gasteiger partial charge in [0.05, 0.1) is 13.2 Å². The minimum atomic E-state index is 0.534. The van der Waals surface area contributed by atoms with Gasteiger partial charge in [0.2, 0.25) is 0 Å². The van der Waals surface area contributed by atoms with Crippen LogP contribution in [-0.4, -0.2) is 33.0 Å². The summed E-state index contributed by atoms with van der Waals surface area (Å²) in [4.78, 5) is 0. The molecule has 3 rings (SSSR count). The third-order valence-electron chi connectivity index (χ3n) is 3.40. The molecule has 18 heavy (non-hydrogen) atoms. The van der Waals surface area contributed by atoms with E-state index in [1.54, 1.807) is 0 Å². The van der Waals surface area contributed by atoms with Gasteiger partial charge in [-0.2, -0.15) is 0 Å². The van der Waals surface area contributed by atoms with Gasteiger partial charge < -0.3 is 19.5 Å². The number of fused-ring (bicyclic) bond motifs is 1. The summed E-state index contributed by atoms with van der Waals surface area (Å²) in [7, 11) is 0. The number of ether oxygens (including phenoxy) is 3. The number of nitrogens with one attached hydrogen (secondary N) is 1. The topological polar surface area (TPSA) is 39.7 Å². The first-order valence-electron chi connectivity index (χ1n) is 6.59. The highest BCUT2D eigenvalue weighted by Gasteiger charge is 2.16. The minimum absolute atomic E-state index is 0.534. The molecule has 98 valence electrons. The molecule has 2 heterocycles. The van der Waals surface area contributed by atoms with E-state index < -0.39 is 0 Å². The van der Waals surface area contributed by atoms with E-state index in [0.717, 1.165) is 50.8 Å². The van der Waals surface area contributed by atoms with Crippen LogP contribution < -0.4 is 14.8 Å². The van der Waals surface area contributed by atoms with Gasteiger partial charge in [-0.3, -0.25) is 0 Å². The predicted octanol–water partition coefficient (Wildman–Crippen LogP) is 1.58. The normalized spacial score (nSPS) is 23.0. The third-order valence-corrected chi connectivity index (χ3v) is 3.40. The molecular formula is C14H19NO3. The molecule has 1 aromatic rings. The van der Waals surface area contributed by atoms with Gasteiger partial charge in [-0.05, 0) is 12.5 Å². The van der Waals surface area contributed by atoms with Crippen molar-refractivity contribution >= 4 is 0 Å². The minimum Gasteiger partial charge on any atom is -0.493 e. The van der Waals surface area contributed by atoms with Crippen LogP contribution in [0.2, 0.25) is 0 Å². The van der Waals surface area contributed by atoms with Gasteiger partial charge in [-0.15, -0.1) is 0 Å². The Hall–Kier alpha value is -1.26. The number of benzene rings is 1. The second-order valence-corrected chi connectivity index (χ2v) is 4.84. The van der Waals surface area contributed by atoms with E-state index in [1.807, 2.05) is 12.1 Å². The Morgan fingerprint density at radius 2 is 2.33 bits per heavy atom. The summed E-state index contributed by atoms with van der Waals surface area (Å²) >= 11 is 0. The Labute approximate surface area is 107 Å². The van der Waals surface area contributed by atoms with Crippen molar-refractivity contribution in [2.24, 2.45) is 5.92 Å². The highest BCUT2D eigenvalue weighted by Crippen LogP contribution is 2.26. The van der Waals surface area contributed by atoms with Crippen LogP contribution in [0.15, 0.2) is 18.2 Å². The second-order valence-electron chi connectivity index (χ2n) is 4.84. The molecule has 1 saturated heterocycles. The third kappa shape index (κ3) is 2.76. The predicted molar refractivity (Wildman–Crippen MR) is 68.1 cm³/mol. The Morgan fingerprint density at radius 1 is 1.33 bits per heavy atom. The van der Waals surface area contributed by atoms with Crippen molar-refractivity contribution in [2.45, 2.75) is 13.0 Å². The first kappa shape index (κ1) is 11.8. The van der Waals surface area contributed by atoms with Gasteiger partial charge in [0, 0.05) is 37.2 Å². The zero-order chi connectivity index (χ0) is 12.2. The monoisotopic (exact) mass is 249 g/mol. The molecule has 2 aliphatic rings. The fourth-order valence-corrected chi connectivity index (χ4v) is 2.29. The van der Waals surface area contributed by atoms with Crippen molar-refractivity contribution in [3.8, 4) is 11.5 Å². The van der Waals surface area contributed by atoms with Gasteiger partial charge in [-0.25, -0.2) is 0 Å². The summed E-state index contributed by atoms with van der Waals surface area (Å²) in [6, 6.07) is 6.09. The molecule has 1 unspecified atom stereocenters.